The van der Waals surface area contributed by atoms with Gasteiger partial charge in [0.25, 0.3) is 0 Å². The van der Waals surface area contributed by atoms with Gasteiger partial charge in [-0.1, -0.05) is 11.3 Å². The molecule has 0 aliphatic carbocycles. The number of rotatable bonds is 2. The van der Waals surface area contributed by atoms with E-state index in [1.54, 1.807) is 12.5 Å². The molecule has 0 aliphatic rings. The van der Waals surface area contributed by atoms with Crippen molar-refractivity contribution in [3.8, 4) is 10.6 Å². The standard InChI is InChI=1S/C8H7ClN2OS/c1-5(9)7-10-11-8(13-7)6-2-3-12-4-6/h2-5H,1H3. The van der Waals surface area contributed by atoms with Gasteiger partial charge < -0.3 is 4.42 Å². The predicted octanol–water partition coefficient (Wildman–Crippen LogP) is 3.10. The van der Waals surface area contributed by atoms with E-state index in [1.165, 1.54) is 11.3 Å². The summed E-state index contributed by atoms with van der Waals surface area (Å²) in [5, 5.41) is 9.56. The van der Waals surface area contributed by atoms with Gasteiger partial charge in [-0.2, -0.15) is 0 Å². The van der Waals surface area contributed by atoms with Crippen molar-refractivity contribution in [1.82, 2.24) is 10.2 Å². The van der Waals surface area contributed by atoms with Crippen LogP contribution in [0.5, 0.6) is 0 Å². The van der Waals surface area contributed by atoms with Crippen molar-refractivity contribution >= 4 is 22.9 Å². The zero-order valence-corrected chi connectivity index (χ0v) is 8.47. The largest absolute Gasteiger partial charge is 0.472 e. The fourth-order valence-electron chi connectivity index (χ4n) is 0.898. The van der Waals surface area contributed by atoms with Crippen LogP contribution in [0.15, 0.2) is 23.0 Å². The first-order valence-corrected chi connectivity index (χ1v) is 5.02. The summed E-state index contributed by atoms with van der Waals surface area (Å²) in [6, 6.07) is 1.85. The van der Waals surface area contributed by atoms with E-state index in [0.29, 0.717) is 0 Å². The molecule has 2 aromatic rings. The lowest BCUT2D eigenvalue weighted by Crippen LogP contribution is -1.80. The van der Waals surface area contributed by atoms with Crippen molar-refractivity contribution in [2.24, 2.45) is 0 Å². The average molecular weight is 215 g/mol. The molecule has 13 heavy (non-hydrogen) atoms. The third-order valence-corrected chi connectivity index (χ3v) is 3.04. The van der Waals surface area contributed by atoms with Crippen LogP contribution in [0.4, 0.5) is 0 Å². The number of halogens is 1. The Bertz CT molecular complexity index is 383. The quantitative estimate of drug-likeness (QED) is 0.722. The minimum Gasteiger partial charge on any atom is -0.472 e. The van der Waals surface area contributed by atoms with Crippen LogP contribution in [0.1, 0.15) is 17.3 Å². The zero-order valence-electron chi connectivity index (χ0n) is 6.90. The Balaban J connectivity index is 2.33. The number of hydrogen-bond acceptors (Lipinski definition) is 4. The molecule has 0 amide bonds. The minimum absolute atomic E-state index is 0.0850. The van der Waals surface area contributed by atoms with E-state index in [9.17, 15) is 0 Å². The Hall–Kier alpha value is -0.870. The van der Waals surface area contributed by atoms with Crippen LogP contribution in [0.3, 0.4) is 0 Å². The minimum atomic E-state index is -0.0850. The molecule has 0 aliphatic heterocycles. The lowest BCUT2D eigenvalue weighted by molar-refractivity contribution is 0.568. The molecule has 0 saturated heterocycles. The highest BCUT2D eigenvalue weighted by molar-refractivity contribution is 7.15. The van der Waals surface area contributed by atoms with Crippen LogP contribution < -0.4 is 0 Å². The SMILES string of the molecule is CC(Cl)c1nnc(-c2ccoc2)s1. The van der Waals surface area contributed by atoms with Crippen LogP contribution >= 0.6 is 22.9 Å². The van der Waals surface area contributed by atoms with E-state index in [2.05, 4.69) is 10.2 Å². The maximum atomic E-state index is 5.86. The zero-order chi connectivity index (χ0) is 9.26. The molecule has 2 aromatic heterocycles. The van der Waals surface area contributed by atoms with Gasteiger partial charge in [-0.15, -0.1) is 21.8 Å². The molecule has 0 aromatic carbocycles. The van der Waals surface area contributed by atoms with Crippen LogP contribution in [0.25, 0.3) is 10.6 Å². The monoisotopic (exact) mass is 214 g/mol. The van der Waals surface area contributed by atoms with Gasteiger partial charge in [0.1, 0.15) is 11.3 Å². The summed E-state index contributed by atoms with van der Waals surface area (Å²) >= 11 is 7.35. The molecule has 0 bridgehead atoms. The summed E-state index contributed by atoms with van der Waals surface area (Å²) < 4.78 is 4.94. The molecule has 1 unspecified atom stereocenters. The molecular weight excluding hydrogens is 208 g/mol. The van der Waals surface area contributed by atoms with Crippen molar-refractivity contribution < 1.29 is 4.42 Å². The number of alkyl halides is 1. The van der Waals surface area contributed by atoms with Crippen LogP contribution in [0, 0.1) is 0 Å². The van der Waals surface area contributed by atoms with Crippen LogP contribution in [-0.2, 0) is 0 Å². The topological polar surface area (TPSA) is 38.9 Å². The molecule has 0 spiro atoms. The van der Waals surface area contributed by atoms with Crippen LogP contribution in [-0.4, -0.2) is 10.2 Å². The third kappa shape index (κ3) is 1.73. The first kappa shape index (κ1) is 8.72. The maximum absolute atomic E-state index is 5.86. The van der Waals surface area contributed by atoms with E-state index in [1.807, 2.05) is 13.0 Å². The molecule has 0 radical (unpaired) electrons. The Morgan fingerprint density at radius 1 is 1.54 bits per heavy atom. The van der Waals surface area contributed by atoms with Gasteiger partial charge in [-0.25, -0.2) is 0 Å². The number of furan rings is 1. The molecule has 68 valence electrons. The molecule has 1 atom stereocenters. The van der Waals surface area contributed by atoms with Crippen molar-refractivity contribution in [1.29, 1.82) is 0 Å². The molecule has 0 N–H and O–H groups in total. The molecule has 3 nitrogen and oxygen atoms in total. The van der Waals surface area contributed by atoms with E-state index >= 15 is 0 Å². The number of hydrogen-bond donors (Lipinski definition) is 0. The van der Waals surface area contributed by atoms with Gasteiger partial charge in [-0.05, 0) is 13.0 Å². The summed E-state index contributed by atoms with van der Waals surface area (Å²) in [6.07, 6.45) is 3.25. The Labute approximate surface area is 84.4 Å². The number of nitrogens with zero attached hydrogens (tertiary/aromatic N) is 2. The molecule has 0 saturated carbocycles. The Morgan fingerprint density at radius 2 is 2.38 bits per heavy atom. The fourth-order valence-corrected chi connectivity index (χ4v) is 1.83. The van der Waals surface area contributed by atoms with Crippen molar-refractivity contribution in [2.45, 2.75) is 12.3 Å². The van der Waals surface area contributed by atoms with Gasteiger partial charge in [-0.3, -0.25) is 0 Å². The summed E-state index contributed by atoms with van der Waals surface area (Å²) in [5.41, 5.74) is 0.945. The first-order valence-electron chi connectivity index (χ1n) is 3.77. The second-order valence-electron chi connectivity index (χ2n) is 2.57. The molecule has 2 rings (SSSR count). The Morgan fingerprint density at radius 3 is 2.92 bits per heavy atom. The van der Waals surface area contributed by atoms with E-state index < -0.39 is 0 Å². The normalized spacial score (nSPS) is 13.1. The highest BCUT2D eigenvalue weighted by Crippen LogP contribution is 2.29. The van der Waals surface area contributed by atoms with E-state index in [4.69, 9.17) is 16.0 Å². The molecule has 2 heterocycles. The second-order valence-corrected chi connectivity index (χ2v) is 4.24. The smallest absolute Gasteiger partial charge is 0.151 e. The van der Waals surface area contributed by atoms with Crippen molar-refractivity contribution in [3.63, 3.8) is 0 Å². The summed E-state index contributed by atoms with van der Waals surface area (Å²) in [5.74, 6) is 0. The predicted molar refractivity (Wildman–Crippen MR) is 51.9 cm³/mol. The van der Waals surface area contributed by atoms with Crippen molar-refractivity contribution in [3.05, 3.63) is 23.6 Å². The van der Waals surface area contributed by atoms with Gasteiger partial charge in [0.2, 0.25) is 0 Å². The lowest BCUT2D eigenvalue weighted by Gasteiger charge is -1.90. The summed E-state index contributed by atoms with van der Waals surface area (Å²) in [6.45, 7) is 1.88. The van der Waals surface area contributed by atoms with E-state index in [0.717, 1.165) is 15.6 Å². The second kappa shape index (κ2) is 3.47. The molecule has 0 fully saturated rings. The summed E-state index contributed by atoms with van der Waals surface area (Å²) in [4.78, 5) is 0. The lowest BCUT2D eigenvalue weighted by atomic mass is 10.4. The fraction of sp³-hybridized carbons (Fsp3) is 0.250. The van der Waals surface area contributed by atoms with E-state index in [-0.39, 0.29) is 5.38 Å². The maximum Gasteiger partial charge on any atom is 0.151 e. The van der Waals surface area contributed by atoms with Gasteiger partial charge in [0.05, 0.1) is 17.2 Å². The Kier molecular flexibility index (Phi) is 2.33. The number of aromatic nitrogens is 2. The van der Waals surface area contributed by atoms with Gasteiger partial charge >= 0.3 is 0 Å². The highest BCUT2D eigenvalue weighted by atomic mass is 35.5. The van der Waals surface area contributed by atoms with Crippen LogP contribution in [0.2, 0.25) is 0 Å². The molecular formula is C8H7ClN2OS. The first-order chi connectivity index (χ1) is 6.27. The summed E-state index contributed by atoms with van der Waals surface area (Å²) in [7, 11) is 0. The average Bonchev–Trinajstić information content (AvgIpc) is 2.75. The van der Waals surface area contributed by atoms with Gasteiger partial charge in [0, 0.05) is 0 Å². The highest BCUT2D eigenvalue weighted by Gasteiger charge is 2.10. The molecule has 5 heteroatoms. The van der Waals surface area contributed by atoms with Gasteiger partial charge in [0.15, 0.2) is 5.01 Å². The third-order valence-electron chi connectivity index (χ3n) is 1.55. The van der Waals surface area contributed by atoms with Crippen molar-refractivity contribution in [2.75, 3.05) is 0 Å².